The summed E-state index contributed by atoms with van der Waals surface area (Å²) in [6.07, 6.45) is 0. The third kappa shape index (κ3) is 10.7. The molecule has 2 spiro atoms. The van der Waals surface area contributed by atoms with Crippen molar-refractivity contribution in [3.63, 3.8) is 0 Å². The van der Waals surface area contributed by atoms with Crippen LogP contribution in [0.15, 0.2) is 432 Å². The zero-order valence-electron chi connectivity index (χ0n) is 64.7. The molecule has 0 saturated heterocycles. The van der Waals surface area contributed by atoms with E-state index in [1.165, 1.54) is 136 Å². The van der Waals surface area contributed by atoms with Crippen molar-refractivity contribution in [2.75, 3.05) is 0 Å². The summed E-state index contributed by atoms with van der Waals surface area (Å²) in [4.78, 5) is 35.3. The normalized spacial score (nSPS) is 14.8. The fourth-order valence-electron chi connectivity index (χ4n) is 19.5. The molecule has 0 saturated carbocycles. The predicted octanol–water partition coefficient (Wildman–Crippen LogP) is 27.3. The van der Waals surface area contributed by atoms with Crippen molar-refractivity contribution in [1.29, 1.82) is 0 Å². The van der Waals surface area contributed by atoms with Gasteiger partial charge in [-0.1, -0.05) is 394 Å². The molecule has 21 aromatic rings. The molecular formula is C110H68N8S2. The quantitative estimate of drug-likeness (QED) is 0.141. The van der Waals surface area contributed by atoms with Crippen LogP contribution in [0, 0.1) is 0 Å². The van der Waals surface area contributed by atoms with Gasteiger partial charge in [0.15, 0.2) is 34.9 Å². The highest BCUT2D eigenvalue weighted by Crippen LogP contribution is 2.64. The number of rotatable bonds is 9. The number of fused-ring (bicyclic) bond motifs is 22. The first-order chi connectivity index (χ1) is 59.5. The van der Waals surface area contributed by atoms with Crippen molar-refractivity contribution < 1.29 is 0 Å². The summed E-state index contributed by atoms with van der Waals surface area (Å²) in [5.74, 6) is 3.87. The maximum Gasteiger partial charge on any atom is 0.164 e. The lowest BCUT2D eigenvalue weighted by Crippen LogP contribution is -2.37. The van der Waals surface area contributed by atoms with Crippen molar-refractivity contribution in [3.8, 4) is 113 Å². The van der Waals surface area contributed by atoms with E-state index in [0.717, 1.165) is 50.1 Å². The number of nitrogens with zero attached hydrogens (tertiary/aromatic N) is 8. The summed E-state index contributed by atoms with van der Waals surface area (Å²) >= 11 is 3.76. The summed E-state index contributed by atoms with van der Waals surface area (Å²) in [6, 6.07) is 148. The van der Waals surface area contributed by atoms with Crippen molar-refractivity contribution in [1.82, 2.24) is 39.0 Å². The number of benzene rings is 17. The molecule has 2 unspecified atom stereocenters. The summed E-state index contributed by atoms with van der Waals surface area (Å²) in [5.41, 5.74) is 29.4. The van der Waals surface area contributed by atoms with Crippen LogP contribution < -0.4 is 0 Å². The molecule has 0 fully saturated rings. The van der Waals surface area contributed by atoms with Gasteiger partial charge in [-0.05, 0) is 120 Å². The van der Waals surface area contributed by atoms with Gasteiger partial charge < -0.3 is 9.13 Å². The molecule has 0 aliphatic carbocycles. The Morgan fingerprint density at radius 3 is 0.925 bits per heavy atom. The molecule has 4 aromatic heterocycles. The van der Waals surface area contributed by atoms with Crippen LogP contribution in [0.25, 0.3) is 157 Å². The van der Waals surface area contributed by atoms with Crippen LogP contribution in [-0.4, -0.2) is 39.0 Å². The van der Waals surface area contributed by atoms with Crippen molar-refractivity contribution >= 4 is 67.1 Å². The summed E-state index contributed by atoms with van der Waals surface area (Å²) in [5, 5.41) is 5.10. The Bertz CT molecular complexity index is 7660. The van der Waals surface area contributed by atoms with E-state index in [0.29, 0.717) is 34.9 Å². The molecule has 4 aliphatic rings. The predicted molar refractivity (Wildman–Crippen MR) is 489 cm³/mol. The number of aromatic nitrogens is 8. The third-order valence-electron chi connectivity index (χ3n) is 24.6. The Labute approximate surface area is 701 Å². The minimum atomic E-state index is -0.547. The largest absolute Gasteiger partial charge is 0.309 e. The molecule has 8 heterocycles. The van der Waals surface area contributed by atoms with Crippen molar-refractivity contribution in [3.05, 3.63) is 457 Å². The van der Waals surface area contributed by atoms with E-state index in [1.807, 2.05) is 84.2 Å². The molecule has 0 N–H and O–H groups in total. The van der Waals surface area contributed by atoms with E-state index >= 15 is 0 Å². The van der Waals surface area contributed by atoms with E-state index in [-0.39, 0.29) is 0 Å². The van der Waals surface area contributed by atoms with E-state index in [1.54, 1.807) is 0 Å². The Morgan fingerprint density at radius 2 is 0.475 bits per heavy atom. The molecule has 120 heavy (non-hydrogen) atoms. The zero-order valence-corrected chi connectivity index (χ0v) is 66.3. The topological polar surface area (TPSA) is 87.2 Å². The zero-order chi connectivity index (χ0) is 79.0. The first-order valence-corrected chi connectivity index (χ1v) is 42.3. The Kier molecular flexibility index (Phi) is 16.1. The Hall–Kier alpha value is -14.9. The average molecular weight is 1570 g/mol. The van der Waals surface area contributed by atoms with Crippen LogP contribution >= 0.6 is 23.5 Å². The smallest absolute Gasteiger partial charge is 0.164 e. The van der Waals surface area contributed by atoms with Gasteiger partial charge in [0.1, 0.15) is 0 Å². The summed E-state index contributed by atoms with van der Waals surface area (Å²) in [7, 11) is 0. The van der Waals surface area contributed by atoms with Crippen LogP contribution in [0.2, 0.25) is 0 Å². The Balaban J connectivity index is 0.000000137. The lowest BCUT2D eigenvalue weighted by Gasteiger charge is -2.45. The third-order valence-corrected chi connectivity index (χ3v) is 27.1. The lowest BCUT2D eigenvalue weighted by molar-refractivity contribution is 0.690. The fourth-order valence-corrected chi connectivity index (χ4v) is 22.1. The van der Waals surface area contributed by atoms with E-state index < -0.39 is 10.8 Å². The van der Waals surface area contributed by atoms with Crippen LogP contribution in [0.4, 0.5) is 0 Å². The van der Waals surface area contributed by atoms with Gasteiger partial charge in [-0.25, -0.2) is 29.9 Å². The van der Waals surface area contributed by atoms with Gasteiger partial charge >= 0.3 is 0 Å². The second-order valence-electron chi connectivity index (χ2n) is 31.0. The molecule has 560 valence electrons. The van der Waals surface area contributed by atoms with Gasteiger partial charge in [-0.3, -0.25) is 0 Å². The molecule has 10 heteroatoms. The number of hydrogen-bond donors (Lipinski definition) is 0. The van der Waals surface area contributed by atoms with Gasteiger partial charge in [0.05, 0.1) is 44.3 Å². The van der Waals surface area contributed by atoms with E-state index in [9.17, 15) is 0 Å². The molecule has 0 radical (unpaired) electrons. The first kappa shape index (κ1) is 69.4. The summed E-state index contributed by atoms with van der Waals surface area (Å²) < 4.78 is 5.00. The van der Waals surface area contributed by atoms with E-state index in [4.69, 9.17) is 29.9 Å². The molecule has 8 nitrogen and oxygen atoms in total. The highest BCUT2D eigenvalue weighted by molar-refractivity contribution is 8.00. The fraction of sp³-hybridized carbons (Fsp3) is 0.0182. The van der Waals surface area contributed by atoms with Crippen LogP contribution in [-0.2, 0) is 10.8 Å². The van der Waals surface area contributed by atoms with Gasteiger partial charge in [-0.2, -0.15) is 0 Å². The second-order valence-corrected chi connectivity index (χ2v) is 33.1. The van der Waals surface area contributed by atoms with Gasteiger partial charge in [0.25, 0.3) is 0 Å². The first-order valence-electron chi connectivity index (χ1n) is 40.6. The van der Waals surface area contributed by atoms with Crippen LogP contribution in [0.5, 0.6) is 0 Å². The second kappa shape index (κ2) is 27.9. The molecule has 17 aromatic carbocycles. The maximum atomic E-state index is 5.10. The maximum absolute atomic E-state index is 5.10. The SMILES string of the molecule is c1ccc(-c2ccc(-c3nc(-c4ccccc4)nc(-c4ccc(-c5cccc6c5Sc5ccccc5C65c6ccccc6-n6c7ccccc7c7cccc5c76)cc4)n3)cc2)cc1.c1ccc(-c2nc(-c3ccccc3)nc(-c3cccc(-c4cccc5c4Sc4ccccc4C54c5ccccc5-n5c6ccccc6c6cccc4c65)c3)n2)cc1. The monoisotopic (exact) mass is 1560 g/mol. The highest BCUT2D eigenvalue weighted by Gasteiger charge is 2.52. The van der Waals surface area contributed by atoms with Crippen LogP contribution in [0.3, 0.4) is 0 Å². The van der Waals surface area contributed by atoms with Crippen molar-refractivity contribution in [2.24, 2.45) is 0 Å². The average Bonchev–Trinajstić information content (AvgIpc) is 1.35. The van der Waals surface area contributed by atoms with Crippen LogP contribution in [0.1, 0.15) is 44.5 Å². The number of hydrogen-bond acceptors (Lipinski definition) is 8. The van der Waals surface area contributed by atoms with E-state index in [2.05, 4.69) is 361 Å². The minimum Gasteiger partial charge on any atom is -0.309 e. The molecule has 2 atom stereocenters. The number of para-hydroxylation sites is 6. The lowest BCUT2D eigenvalue weighted by atomic mass is 9.62. The van der Waals surface area contributed by atoms with Gasteiger partial charge in [-0.15, -0.1) is 0 Å². The standard InChI is InChI=1S/C58H36N4S.C52H32N4S/c1-3-15-37(16-4-1)38-29-33-41(34-30-38)56-59-55(40-17-5-2-6-18-40)60-57(61-56)42-35-31-39(32-36-42)43-20-13-25-49-54(43)63-52-28-12-9-23-47(52)58(49)46-22-8-11-27-51(46)62-50-26-10-7-19-44(50)45-21-14-24-48(58)53(45)62;1-3-16-33(17-4-1)49-53-50(34-18-5-2-6-19-34)55-51(54-49)36-21-13-20-35(32-36)37-23-14-28-43-48(37)57-46-31-12-9-26-41(46)52(43)40-25-8-11-30-45(40)56-44-29-10-7-22-38(44)39-24-15-27-42(52)47(39)56/h1-36H;1-32H. The minimum absolute atomic E-state index is 0.540. The van der Waals surface area contributed by atoms with Gasteiger partial charge in [0, 0.05) is 74.5 Å². The van der Waals surface area contributed by atoms with Crippen molar-refractivity contribution in [2.45, 2.75) is 30.4 Å². The van der Waals surface area contributed by atoms with Gasteiger partial charge in [0.2, 0.25) is 0 Å². The molecular weight excluding hydrogens is 1500 g/mol. The molecule has 0 bridgehead atoms. The highest BCUT2D eigenvalue weighted by atomic mass is 32.2. The molecule has 4 aliphatic heterocycles. The molecule has 25 rings (SSSR count). The Morgan fingerprint density at radius 1 is 0.192 bits per heavy atom. The molecule has 0 amide bonds. The summed E-state index contributed by atoms with van der Waals surface area (Å²) in [6.45, 7) is 0.